The van der Waals surface area contributed by atoms with E-state index in [4.69, 9.17) is 14.5 Å². The lowest BCUT2D eigenvalue weighted by molar-refractivity contribution is -0.428. The van der Waals surface area contributed by atoms with E-state index in [1.807, 2.05) is 12.2 Å². The van der Waals surface area contributed by atoms with Gasteiger partial charge in [0.25, 0.3) is 0 Å². The Balaban J connectivity index is 2.14. The third kappa shape index (κ3) is 9.38. The molecule has 2 atom stereocenters. The lowest BCUT2D eigenvalue weighted by Gasteiger charge is -2.32. The molecule has 0 aromatic heterocycles. The summed E-state index contributed by atoms with van der Waals surface area (Å²) in [6.07, 6.45) is 17.1. The molecule has 0 aromatic carbocycles. The summed E-state index contributed by atoms with van der Waals surface area (Å²) in [5.74, 6) is -1.15. The molecule has 0 saturated carbocycles. The summed E-state index contributed by atoms with van der Waals surface area (Å²) in [7, 11) is 2.98. The number of carbonyl (C=O) groups excluding carboxylic acids is 1. The summed E-state index contributed by atoms with van der Waals surface area (Å²) >= 11 is 0. The van der Waals surface area contributed by atoms with Gasteiger partial charge in [-0.1, -0.05) is 70.8 Å². The first kappa shape index (κ1) is 22.1. The number of hydrogen-bond acceptors (Lipinski definition) is 5. The number of methoxy groups -OCH3 is 2. The molecule has 0 amide bonds. The van der Waals surface area contributed by atoms with Crippen LogP contribution in [0.3, 0.4) is 0 Å². The summed E-state index contributed by atoms with van der Waals surface area (Å²) in [6, 6.07) is 0. The Kier molecular flexibility index (Phi) is 11.8. The fraction of sp³-hybridized carbons (Fsp3) is 0.850. The Hall–Kier alpha value is -0.910. The molecule has 1 rings (SSSR count). The number of unbranched alkanes of at least 4 members (excludes halogenated alkanes) is 9. The highest BCUT2D eigenvalue weighted by Crippen LogP contribution is 2.28. The molecule has 25 heavy (non-hydrogen) atoms. The fourth-order valence-electron chi connectivity index (χ4n) is 2.99. The SMILES string of the molecule is CCCCCCCCCCCCC1(OC)C=CC(CC(=O)OC)OO1. The molecule has 1 aliphatic rings. The van der Waals surface area contributed by atoms with Gasteiger partial charge in [0.2, 0.25) is 5.79 Å². The molecule has 1 aliphatic heterocycles. The van der Waals surface area contributed by atoms with Gasteiger partial charge in [0.1, 0.15) is 6.10 Å². The van der Waals surface area contributed by atoms with Crippen molar-refractivity contribution in [3.8, 4) is 0 Å². The van der Waals surface area contributed by atoms with Crippen LogP contribution >= 0.6 is 0 Å². The van der Waals surface area contributed by atoms with Gasteiger partial charge >= 0.3 is 5.97 Å². The fourth-order valence-corrected chi connectivity index (χ4v) is 2.99. The second-order valence-electron chi connectivity index (χ2n) is 6.81. The second-order valence-corrected chi connectivity index (χ2v) is 6.81. The highest BCUT2D eigenvalue weighted by molar-refractivity contribution is 5.70. The first-order valence-corrected chi connectivity index (χ1v) is 9.81. The molecule has 0 aliphatic carbocycles. The molecule has 146 valence electrons. The van der Waals surface area contributed by atoms with Crippen LogP contribution in [-0.4, -0.2) is 32.1 Å². The minimum atomic E-state index is -0.827. The maximum Gasteiger partial charge on any atom is 0.308 e. The average Bonchev–Trinajstić information content (AvgIpc) is 2.64. The molecule has 5 nitrogen and oxygen atoms in total. The lowest BCUT2D eigenvalue weighted by Crippen LogP contribution is -2.38. The highest BCUT2D eigenvalue weighted by Gasteiger charge is 2.34. The highest BCUT2D eigenvalue weighted by atomic mass is 17.2. The molecule has 0 N–H and O–H groups in total. The van der Waals surface area contributed by atoms with Gasteiger partial charge in [0, 0.05) is 13.5 Å². The van der Waals surface area contributed by atoms with Crippen molar-refractivity contribution in [2.24, 2.45) is 0 Å². The second kappa shape index (κ2) is 13.3. The molecule has 0 fully saturated rings. The van der Waals surface area contributed by atoms with Gasteiger partial charge in [-0.05, 0) is 12.5 Å². The van der Waals surface area contributed by atoms with Gasteiger partial charge in [0.15, 0.2) is 0 Å². The van der Waals surface area contributed by atoms with Crippen molar-refractivity contribution in [3.63, 3.8) is 0 Å². The number of esters is 1. The predicted octanol–water partition coefficient (Wildman–Crippen LogP) is 5.09. The van der Waals surface area contributed by atoms with E-state index in [1.165, 1.54) is 64.9 Å². The predicted molar refractivity (Wildman–Crippen MR) is 97.9 cm³/mol. The van der Waals surface area contributed by atoms with Crippen molar-refractivity contribution in [1.82, 2.24) is 0 Å². The van der Waals surface area contributed by atoms with Crippen molar-refractivity contribution >= 4 is 5.97 Å². The monoisotopic (exact) mass is 356 g/mol. The largest absolute Gasteiger partial charge is 0.469 e. The van der Waals surface area contributed by atoms with E-state index in [2.05, 4.69) is 11.7 Å². The van der Waals surface area contributed by atoms with Gasteiger partial charge in [-0.25, -0.2) is 4.89 Å². The minimum Gasteiger partial charge on any atom is -0.469 e. The standard InChI is InChI=1S/C20H36O5/c1-4-5-6-7-8-9-10-11-12-13-15-20(23-3)16-14-18(24-25-20)17-19(21)22-2/h14,16,18H,4-13,15,17H2,1-3H3. The quantitative estimate of drug-likeness (QED) is 0.188. The molecule has 0 aromatic rings. The number of rotatable bonds is 14. The van der Waals surface area contributed by atoms with Crippen LogP contribution in [0.25, 0.3) is 0 Å². The van der Waals surface area contributed by atoms with Gasteiger partial charge in [-0.2, -0.15) is 4.89 Å². The van der Waals surface area contributed by atoms with Crippen LogP contribution in [0.1, 0.15) is 84.0 Å². The van der Waals surface area contributed by atoms with E-state index in [-0.39, 0.29) is 12.4 Å². The van der Waals surface area contributed by atoms with E-state index < -0.39 is 11.9 Å². The van der Waals surface area contributed by atoms with Gasteiger partial charge in [0.05, 0.1) is 13.5 Å². The Morgan fingerprint density at radius 1 is 1.00 bits per heavy atom. The van der Waals surface area contributed by atoms with Crippen LogP contribution in [0.15, 0.2) is 12.2 Å². The summed E-state index contributed by atoms with van der Waals surface area (Å²) in [5, 5.41) is 0. The summed E-state index contributed by atoms with van der Waals surface area (Å²) < 4.78 is 10.1. The van der Waals surface area contributed by atoms with Crippen LogP contribution in [0.2, 0.25) is 0 Å². The lowest BCUT2D eigenvalue weighted by atomic mass is 10.0. The van der Waals surface area contributed by atoms with Crippen molar-refractivity contribution < 1.29 is 24.0 Å². The first-order valence-electron chi connectivity index (χ1n) is 9.81. The molecule has 5 heteroatoms. The Morgan fingerprint density at radius 3 is 2.08 bits per heavy atom. The molecule has 0 radical (unpaired) electrons. The molecular weight excluding hydrogens is 320 g/mol. The van der Waals surface area contributed by atoms with Crippen LogP contribution in [-0.2, 0) is 24.0 Å². The molecular formula is C20H36O5. The molecule has 2 unspecified atom stereocenters. The van der Waals surface area contributed by atoms with E-state index in [0.29, 0.717) is 0 Å². The molecule has 0 saturated heterocycles. The zero-order valence-corrected chi connectivity index (χ0v) is 16.3. The normalized spacial score (nSPS) is 22.9. The van der Waals surface area contributed by atoms with Crippen molar-refractivity contribution in [2.75, 3.05) is 14.2 Å². The molecule has 0 spiro atoms. The van der Waals surface area contributed by atoms with Gasteiger partial charge in [-0.3, -0.25) is 4.79 Å². The molecule has 0 bridgehead atoms. The summed E-state index contributed by atoms with van der Waals surface area (Å²) in [6.45, 7) is 2.25. The van der Waals surface area contributed by atoms with Gasteiger partial charge < -0.3 is 9.47 Å². The summed E-state index contributed by atoms with van der Waals surface area (Å²) in [5.41, 5.74) is 0. The van der Waals surface area contributed by atoms with E-state index in [9.17, 15) is 4.79 Å². The number of hydrogen-bond donors (Lipinski definition) is 0. The topological polar surface area (TPSA) is 54.0 Å². The van der Waals surface area contributed by atoms with Crippen molar-refractivity contribution in [3.05, 3.63) is 12.2 Å². The average molecular weight is 357 g/mol. The maximum atomic E-state index is 11.3. The van der Waals surface area contributed by atoms with Crippen LogP contribution in [0, 0.1) is 0 Å². The van der Waals surface area contributed by atoms with E-state index in [0.717, 1.165) is 12.8 Å². The Labute approximate surface area is 153 Å². The third-order valence-electron chi connectivity index (χ3n) is 4.70. The van der Waals surface area contributed by atoms with E-state index >= 15 is 0 Å². The Morgan fingerprint density at radius 2 is 1.60 bits per heavy atom. The third-order valence-corrected chi connectivity index (χ3v) is 4.70. The summed E-state index contributed by atoms with van der Waals surface area (Å²) in [4.78, 5) is 22.0. The van der Waals surface area contributed by atoms with E-state index in [1.54, 1.807) is 7.11 Å². The minimum absolute atomic E-state index is 0.144. The molecule has 1 heterocycles. The zero-order chi connectivity index (χ0) is 18.4. The Bertz CT molecular complexity index is 382. The maximum absolute atomic E-state index is 11.3. The zero-order valence-electron chi connectivity index (χ0n) is 16.3. The van der Waals surface area contributed by atoms with Crippen LogP contribution < -0.4 is 0 Å². The number of carbonyl (C=O) groups is 1. The first-order chi connectivity index (χ1) is 12.2. The van der Waals surface area contributed by atoms with Crippen molar-refractivity contribution in [2.45, 2.75) is 95.9 Å². The van der Waals surface area contributed by atoms with Crippen molar-refractivity contribution in [1.29, 1.82) is 0 Å². The van der Waals surface area contributed by atoms with Crippen LogP contribution in [0.5, 0.6) is 0 Å². The van der Waals surface area contributed by atoms with Crippen LogP contribution in [0.4, 0.5) is 0 Å². The van der Waals surface area contributed by atoms with Gasteiger partial charge in [-0.15, -0.1) is 0 Å². The number of ether oxygens (including phenoxy) is 2. The smallest absolute Gasteiger partial charge is 0.308 e.